The second-order valence-corrected chi connectivity index (χ2v) is 5.41. The number of likely N-dealkylation sites (N-methyl/N-ethyl adjacent to an activating group) is 1. The lowest BCUT2D eigenvalue weighted by atomic mass is 10.2. The molecule has 0 bridgehead atoms. The zero-order valence-corrected chi connectivity index (χ0v) is 11.6. The van der Waals surface area contributed by atoms with Crippen LogP contribution in [-0.2, 0) is 0 Å². The Labute approximate surface area is 118 Å². The molecule has 1 aliphatic heterocycles. The summed E-state index contributed by atoms with van der Waals surface area (Å²) < 4.78 is 1.95. The number of anilines is 1. The van der Waals surface area contributed by atoms with Gasteiger partial charge in [0.05, 0.1) is 22.7 Å². The van der Waals surface area contributed by atoms with Gasteiger partial charge in [0.25, 0.3) is 0 Å². The Morgan fingerprint density at radius 2 is 2.32 bits per heavy atom. The number of rotatable bonds is 3. The molecule has 0 amide bonds. The molecule has 1 aromatic carbocycles. The Bertz CT molecular complexity index is 553. The molecule has 1 atom stereocenters. The highest BCUT2D eigenvalue weighted by molar-refractivity contribution is 6.33. The molecule has 4 nitrogen and oxygen atoms in total. The quantitative estimate of drug-likeness (QED) is 0.936. The molecule has 2 aromatic rings. The number of nitrogens with zero attached hydrogens (tertiary/aromatic N) is 3. The van der Waals surface area contributed by atoms with Gasteiger partial charge in [-0.3, -0.25) is 0 Å². The van der Waals surface area contributed by atoms with E-state index in [1.165, 1.54) is 0 Å². The van der Waals surface area contributed by atoms with Gasteiger partial charge in [-0.25, -0.2) is 4.98 Å². The smallest absolute Gasteiger partial charge is 0.0992 e. The maximum Gasteiger partial charge on any atom is 0.0992 e. The first-order chi connectivity index (χ1) is 9.24. The summed E-state index contributed by atoms with van der Waals surface area (Å²) >= 11 is 6.34. The summed E-state index contributed by atoms with van der Waals surface area (Å²) in [7, 11) is 2.15. The molecule has 1 aromatic heterocycles. The van der Waals surface area contributed by atoms with Crippen molar-refractivity contribution in [3.63, 3.8) is 0 Å². The molecule has 1 fully saturated rings. The van der Waals surface area contributed by atoms with E-state index >= 15 is 0 Å². The first-order valence-corrected chi connectivity index (χ1v) is 6.84. The predicted molar refractivity (Wildman–Crippen MR) is 78.1 cm³/mol. The Balaban J connectivity index is 1.91. The van der Waals surface area contributed by atoms with Crippen LogP contribution in [0.15, 0.2) is 36.9 Å². The van der Waals surface area contributed by atoms with Gasteiger partial charge < -0.3 is 14.8 Å². The van der Waals surface area contributed by atoms with Crippen molar-refractivity contribution in [2.45, 2.75) is 12.5 Å². The lowest BCUT2D eigenvalue weighted by Crippen LogP contribution is -2.24. The highest BCUT2D eigenvalue weighted by Gasteiger charge is 2.20. The Morgan fingerprint density at radius 3 is 3.00 bits per heavy atom. The van der Waals surface area contributed by atoms with Crippen LogP contribution in [0.25, 0.3) is 5.69 Å². The normalized spacial score (nSPS) is 19.8. The van der Waals surface area contributed by atoms with Crippen LogP contribution >= 0.6 is 11.6 Å². The molecule has 3 rings (SSSR count). The van der Waals surface area contributed by atoms with Gasteiger partial charge in [0.2, 0.25) is 0 Å². The molecule has 5 heteroatoms. The van der Waals surface area contributed by atoms with Crippen molar-refractivity contribution in [2.24, 2.45) is 0 Å². The molecule has 0 radical (unpaired) electrons. The van der Waals surface area contributed by atoms with Crippen LogP contribution in [0.3, 0.4) is 0 Å². The van der Waals surface area contributed by atoms with Gasteiger partial charge in [-0.2, -0.15) is 0 Å². The highest BCUT2D eigenvalue weighted by Crippen LogP contribution is 2.29. The molecule has 0 spiro atoms. The fourth-order valence-electron chi connectivity index (χ4n) is 2.56. The Morgan fingerprint density at radius 1 is 1.42 bits per heavy atom. The van der Waals surface area contributed by atoms with E-state index in [4.69, 9.17) is 11.6 Å². The first kappa shape index (κ1) is 12.5. The molecule has 0 saturated carbocycles. The molecule has 1 aliphatic rings. The number of likely N-dealkylation sites (tertiary alicyclic amines) is 1. The molecular formula is C14H17ClN4. The van der Waals surface area contributed by atoms with Crippen molar-refractivity contribution in [1.29, 1.82) is 0 Å². The maximum atomic E-state index is 6.34. The Kier molecular flexibility index (Phi) is 3.44. The van der Waals surface area contributed by atoms with E-state index in [-0.39, 0.29) is 0 Å². The van der Waals surface area contributed by atoms with Gasteiger partial charge in [0, 0.05) is 25.0 Å². The molecule has 1 N–H and O–H groups in total. The van der Waals surface area contributed by atoms with Gasteiger partial charge in [-0.1, -0.05) is 17.7 Å². The number of hydrogen-bond acceptors (Lipinski definition) is 3. The van der Waals surface area contributed by atoms with Crippen LogP contribution in [0.1, 0.15) is 6.42 Å². The molecule has 1 unspecified atom stereocenters. The summed E-state index contributed by atoms with van der Waals surface area (Å²) in [5.74, 6) is 0. The van der Waals surface area contributed by atoms with Gasteiger partial charge in [0.1, 0.15) is 0 Å². The average molecular weight is 277 g/mol. The third-order valence-electron chi connectivity index (χ3n) is 3.50. The van der Waals surface area contributed by atoms with Crippen molar-refractivity contribution >= 4 is 17.3 Å². The third kappa shape index (κ3) is 2.60. The van der Waals surface area contributed by atoms with E-state index in [2.05, 4.69) is 28.3 Å². The van der Waals surface area contributed by atoms with E-state index in [1.54, 1.807) is 12.5 Å². The topological polar surface area (TPSA) is 33.1 Å². The molecule has 0 aliphatic carbocycles. The van der Waals surface area contributed by atoms with Crippen molar-refractivity contribution in [2.75, 3.05) is 25.5 Å². The van der Waals surface area contributed by atoms with Crippen molar-refractivity contribution in [3.8, 4) is 5.69 Å². The van der Waals surface area contributed by atoms with E-state index in [1.807, 2.05) is 22.9 Å². The number of halogens is 1. The molecule has 19 heavy (non-hydrogen) atoms. The van der Waals surface area contributed by atoms with Gasteiger partial charge in [0.15, 0.2) is 0 Å². The summed E-state index contributed by atoms with van der Waals surface area (Å²) in [4.78, 5) is 6.43. The number of hydrogen-bond donors (Lipinski definition) is 1. The number of para-hydroxylation sites is 1. The number of benzene rings is 1. The van der Waals surface area contributed by atoms with Crippen LogP contribution < -0.4 is 5.32 Å². The van der Waals surface area contributed by atoms with E-state index in [0.29, 0.717) is 6.04 Å². The minimum Gasteiger partial charge on any atom is -0.379 e. The second kappa shape index (κ2) is 5.23. The monoisotopic (exact) mass is 276 g/mol. The summed E-state index contributed by atoms with van der Waals surface area (Å²) in [6, 6.07) is 6.43. The predicted octanol–water partition coefficient (Wildman–Crippen LogP) is 2.64. The van der Waals surface area contributed by atoms with Crippen LogP contribution in [0.2, 0.25) is 5.02 Å². The van der Waals surface area contributed by atoms with E-state index in [9.17, 15) is 0 Å². The van der Waals surface area contributed by atoms with E-state index < -0.39 is 0 Å². The van der Waals surface area contributed by atoms with Gasteiger partial charge in [-0.05, 0) is 32.1 Å². The molecule has 1 saturated heterocycles. The third-order valence-corrected chi connectivity index (χ3v) is 3.81. The molecule has 2 heterocycles. The maximum absolute atomic E-state index is 6.34. The minimum absolute atomic E-state index is 0.478. The SMILES string of the molecule is CN1CCC(Nc2cccc(Cl)c2-n2ccnc2)C1. The minimum atomic E-state index is 0.478. The first-order valence-electron chi connectivity index (χ1n) is 6.46. The van der Waals surface area contributed by atoms with Crippen molar-refractivity contribution in [1.82, 2.24) is 14.5 Å². The average Bonchev–Trinajstić information content (AvgIpc) is 3.01. The van der Waals surface area contributed by atoms with Crippen LogP contribution in [0, 0.1) is 0 Å². The van der Waals surface area contributed by atoms with Crippen LogP contribution in [0.5, 0.6) is 0 Å². The molecular weight excluding hydrogens is 260 g/mol. The fraction of sp³-hybridized carbons (Fsp3) is 0.357. The Hall–Kier alpha value is -1.52. The number of aromatic nitrogens is 2. The van der Waals surface area contributed by atoms with Gasteiger partial charge in [-0.15, -0.1) is 0 Å². The van der Waals surface area contributed by atoms with Gasteiger partial charge >= 0.3 is 0 Å². The zero-order valence-electron chi connectivity index (χ0n) is 10.9. The van der Waals surface area contributed by atoms with Crippen LogP contribution in [-0.4, -0.2) is 40.6 Å². The largest absolute Gasteiger partial charge is 0.379 e. The summed E-state index contributed by atoms with van der Waals surface area (Å²) in [5.41, 5.74) is 2.03. The summed E-state index contributed by atoms with van der Waals surface area (Å²) in [6.07, 6.45) is 6.60. The number of nitrogens with one attached hydrogen (secondary N) is 1. The van der Waals surface area contributed by atoms with E-state index in [0.717, 1.165) is 35.9 Å². The summed E-state index contributed by atoms with van der Waals surface area (Å²) in [5, 5.41) is 4.33. The fourth-order valence-corrected chi connectivity index (χ4v) is 2.83. The summed E-state index contributed by atoms with van der Waals surface area (Å²) in [6.45, 7) is 2.20. The standard InChI is InChI=1S/C14H17ClN4/c1-18-7-5-11(9-18)17-13-4-2-3-12(15)14(13)19-8-6-16-10-19/h2-4,6,8,10-11,17H,5,7,9H2,1H3. The highest BCUT2D eigenvalue weighted by atomic mass is 35.5. The molecule has 100 valence electrons. The second-order valence-electron chi connectivity index (χ2n) is 5.00. The lowest BCUT2D eigenvalue weighted by Gasteiger charge is -2.18. The zero-order chi connectivity index (χ0) is 13.2. The number of imidazole rings is 1. The van der Waals surface area contributed by atoms with Crippen LogP contribution in [0.4, 0.5) is 5.69 Å². The van der Waals surface area contributed by atoms with Crippen molar-refractivity contribution in [3.05, 3.63) is 41.9 Å². The lowest BCUT2D eigenvalue weighted by molar-refractivity contribution is 0.414. The van der Waals surface area contributed by atoms with Crippen molar-refractivity contribution < 1.29 is 0 Å².